The van der Waals surface area contributed by atoms with Gasteiger partial charge in [-0.05, 0) is 36.3 Å². The van der Waals surface area contributed by atoms with Gasteiger partial charge in [-0.1, -0.05) is 35.9 Å². The number of aliphatic hydroxyl groups is 1. The molecule has 0 radical (unpaired) electrons. The molecule has 5 nitrogen and oxygen atoms in total. The van der Waals surface area contributed by atoms with Crippen LogP contribution in [0.15, 0.2) is 48.5 Å². The number of rotatable bonds is 6. The number of amides is 1. The molecule has 0 aliphatic carbocycles. The Morgan fingerprint density at radius 1 is 1.25 bits per heavy atom. The first kappa shape index (κ1) is 20.0. The number of halogens is 1. The molecule has 0 saturated carbocycles. The zero-order chi connectivity index (χ0) is 19.9. The molecule has 3 rings (SSSR count). The molecule has 2 N–H and O–H groups in total. The van der Waals surface area contributed by atoms with Gasteiger partial charge in [0, 0.05) is 19.2 Å². The van der Waals surface area contributed by atoms with Crippen molar-refractivity contribution in [2.75, 3.05) is 37.8 Å². The number of benzene rings is 2. The molecule has 1 amide bonds. The van der Waals surface area contributed by atoms with Gasteiger partial charge in [0.1, 0.15) is 5.82 Å². The highest BCUT2D eigenvalue weighted by molar-refractivity contribution is 5.92. The van der Waals surface area contributed by atoms with E-state index < -0.39 is 6.04 Å². The van der Waals surface area contributed by atoms with Crippen molar-refractivity contribution < 1.29 is 19.0 Å². The van der Waals surface area contributed by atoms with E-state index in [9.17, 15) is 14.3 Å². The van der Waals surface area contributed by atoms with Crippen molar-refractivity contribution >= 4 is 17.7 Å². The highest BCUT2D eigenvalue weighted by Crippen LogP contribution is 2.25. The van der Waals surface area contributed by atoms with E-state index >= 15 is 0 Å². The van der Waals surface area contributed by atoms with E-state index in [4.69, 9.17) is 4.74 Å². The number of anilines is 1. The molecule has 1 fully saturated rings. The molecular weight excluding hydrogens is 359 g/mol. The SMILES string of the molecule is Cc1ccc(/C=C/C(=O)NC(CO)c2ccc(F)c(N3CCOCC3)c2)cc1. The smallest absolute Gasteiger partial charge is 0.244 e. The van der Waals surface area contributed by atoms with Crippen LogP contribution >= 0.6 is 0 Å². The fraction of sp³-hybridized carbons (Fsp3) is 0.318. The minimum Gasteiger partial charge on any atom is -0.394 e. The highest BCUT2D eigenvalue weighted by atomic mass is 19.1. The summed E-state index contributed by atoms with van der Waals surface area (Å²) in [5.41, 5.74) is 3.18. The van der Waals surface area contributed by atoms with Crippen LogP contribution in [-0.4, -0.2) is 43.9 Å². The van der Waals surface area contributed by atoms with Crippen molar-refractivity contribution in [1.82, 2.24) is 5.32 Å². The molecule has 1 atom stereocenters. The zero-order valence-electron chi connectivity index (χ0n) is 15.9. The van der Waals surface area contributed by atoms with Crippen LogP contribution in [0.1, 0.15) is 22.7 Å². The molecule has 2 aromatic carbocycles. The van der Waals surface area contributed by atoms with E-state index in [1.54, 1.807) is 18.2 Å². The van der Waals surface area contributed by atoms with Crippen LogP contribution in [0.4, 0.5) is 10.1 Å². The van der Waals surface area contributed by atoms with Crippen LogP contribution in [0.2, 0.25) is 0 Å². The summed E-state index contributed by atoms with van der Waals surface area (Å²) in [7, 11) is 0. The Balaban J connectivity index is 1.70. The minimum atomic E-state index is -0.615. The fourth-order valence-electron chi connectivity index (χ4n) is 3.10. The quantitative estimate of drug-likeness (QED) is 0.752. The lowest BCUT2D eigenvalue weighted by atomic mass is 10.1. The average Bonchev–Trinajstić information content (AvgIpc) is 2.73. The molecule has 0 aromatic heterocycles. The Bertz CT molecular complexity index is 830. The lowest BCUT2D eigenvalue weighted by Crippen LogP contribution is -2.37. The summed E-state index contributed by atoms with van der Waals surface area (Å²) in [5, 5.41) is 12.5. The minimum absolute atomic E-state index is 0.279. The van der Waals surface area contributed by atoms with Crippen molar-refractivity contribution in [3.63, 3.8) is 0 Å². The lowest BCUT2D eigenvalue weighted by molar-refractivity contribution is -0.117. The third kappa shape index (κ3) is 5.18. The number of aryl methyl sites for hydroxylation is 1. The fourth-order valence-corrected chi connectivity index (χ4v) is 3.10. The normalized spacial score (nSPS) is 15.6. The molecular formula is C22H25FN2O3. The first-order valence-corrected chi connectivity index (χ1v) is 9.35. The molecule has 1 saturated heterocycles. The predicted molar refractivity (Wildman–Crippen MR) is 108 cm³/mol. The summed E-state index contributed by atoms with van der Waals surface area (Å²) >= 11 is 0. The first-order chi connectivity index (χ1) is 13.6. The number of morpholine rings is 1. The second-order valence-corrected chi connectivity index (χ2v) is 6.80. The Morgan fingerprint density at radius 3 is 2.64 bits per heavy atom. The Morgan fingerprint density at radius 2 is 1.96 bits per heavy atom. The number of nitrogens with one attached hydrogen (secondary N) is 1. The van der Waals surface area contributed by atoms with Gasteiger partial charge >= 0.3 is 0 Å². The maximum absolute atomic E-state index is 14.3. The summed E-state index contributed by atoms with van der Waals surface area (Å²) in [6.07, 6.45) is 3.15. The number of carbonyl (C=O) groups excluding carboxylic acids is 1. The molecule has 28 heavy (non-hydrogen) atoms. The highest BCUT2D eigenvalue weighted by Gasteiger charge is 2.19. The average molecular weight is 384 g/mol. The van der Waals surface area contributed by atoms with Crippen LogP contribution in [0.3, 0.4) is 0 Å². The van der Waals surface area contributed by atoms with Gasteiger partial charge < -0.3 is 20.1 Å². The predicted octanol–water partition coefficient (Wildman–Crippen LogP) is 2.83. The molecule has 1 aliphatic heterocycles. The number of carbonyl (C=O) groups is 1. The molecule has 2 aromatic rings. The van der Waals surface area contributed by atoms with Crippen molar-refractivity contribution in [1.29, 1.82) is 0 Å². The second-order valence-electron chi connectivity index (χ2n) is 6.80. The van der Waals surface area contributed by atoms with Crippen LogP contribution in [0, 0.1) is 12.7 Å². The first-order valence-electron chi connectivity index (χ1n) is 9.35. The topological polar surface area (TPSA) is 61.8 Å². The monoisotopic (exact) mass is 384 g/mol. The Kier molecular flexibility index (Phi) is 6.79. The molecule has 1 unspecified atom stereocenters. The maximum atomic E-state index is 14.3. The van der Waals surface area contributed by atoms with E-state index in [2.05, 4.69) is 5.32 Å². The molecule has 0 bridgehead atoms. The number of nitrogens with zero attached hydrogens (tertiary/aromatic N) is 1. The van der Waals surface area contributed by atoms with Gasteiger partial charge in [0.2, 0.25) is 5.91 Å². The third-order valence-electron chi connectivity index (χ3n) is 4.73. The van der Waals surface area contributed by atoms with E-state index in [1.165, 1.54) is 12.1 Å². The standard InChI is InChI=1S/C22H25FN2O3/c1-16-2-4-17(5-3-16)6-9-22(27)24-20(15-26)18-7-8-19(23)21(14-18)25-10-12-28-13-11-25/h2-9,14,20,26H,10-13,15H2,1H3,(H,24,27)/b9-6+. The van der Waals surface area contributed by atoms with Gasteiger partial charge in [0.25, 0.3) is 0 Å². The maximum Gasteiger partial charge on any atom is 0.244 e. The number of hydrogen-bond acceptors (Lipinski definition) is 4. The van der Waals surface area contributed by atoms with Gasteiger partial charge in [-0.15, -0.1) is 0 Å². The number of hydrogen-bond donors (Lipinski definition) is 2. The third-order valence-corrected chi connectivity index (χ3v) is 4.73. The summed E-state index contributed by atoms with van der Waals surface area (Å²) in [6, 6.07) is 11.8. The lowest BCUT2D eigenvalue weighted by Gasteiger charge is -2.30. The Labute approximate surface area is 164 Å². The van der Waals surface area contributed by atoms with Crippen molar-refractivity contribution in [2.24, 2.45) is 0 Å². The molecule has 1 aliphatic rings. The van der Waals surface area contributed by atoms with Crippen LogP contribution < -0.4 is 10.2 Å². The van der Waals surface area contributed by atoms with Gasteiger partial charge in [0.15, 0.2) is 0 Å². The van der Waals surface area contributed by atoms with E-state index in [0.717, 1.165) is 11.1 Å². The molecule has 148 valence electrons. The largest absolute Gasteiger partial charge is 0.394 e. The van der Waals surface area contributed by atoms with Crippen LogP contribution in [-0.2, 0) is 9.53 Å². The van der Waals surface area contributed by atoms with Crippen LogP contribution in [0.25, 0.3) is 6.08 Å². The van der Waals surface area contributed by atoms with Crippen molar-refractivity contribution in [3.05, 3.63) is 71.0 Å². The van der Waals surface area contributed by atoms with Crippen molar-refractivity contribution in [2.45, 2.75) is 13.0 Å². The van der Waals surface area contributed by atoms with Gasteiger partial charge in [-0.25, -0.2) is 4.39 Å². The summed E-state index contributed by atoms with van der Waals surface area (Å²) < 4.78 is 19.6. The second kappa shape index (κ2) is 9.48. The zero-order valence-corrected chi connectivity index (χ0v) is 15.9. The van der Waals surface area contributed by atoms with Gasteiger partial charge in [-0.2, -0.15) is 0 Å². The molecule has 1 heterocycles. The molecule has 0 spiro atoms. The number of ether oxygens (including phenoxy) is 1. The number of aliphatic hydroxyl groups excluding tert-OH is 1. The van der Waals surface area contributed by atoms with Gasteiger partial charge in [-0.3, -0.25) is 4.79 Å². The van der Waals surface area contributed by atoms with E-state index in [0.29, 0.717) is 37.6 Å². The Hall–Kier alpha value is -2.70. The summed E-state index contributed by atoms with van der Waals surface area (Å²) in [6.45, 7) is 4.03. The summed E-state index contributed by atoms with van der Waals surface area (Å²) in [4.78, 5) is 14.2. The van der Waals surface area contributed by atoms with Crippen molar-refractivity contribution in [3.8, 4) is 0 Å². The molecule has 6 heteroatoms. The van der Waals surface area contributed by atoms with E-state index in [1.807, 2.05) is 36.1 Å². The van der Waals surface area contributed by atoms with E-state index in [-0.39, 0.29) is 18.3 Å². The van der Waals surface area contributed by atoms with Crippen LogP contribution in [0.5, 0.6) is 0 Å². The van der Waals surface area contributed by atoms with Gasteiger partial charge in [0.05, 0.1) is 31.5 Å². The summed E-state index contributed by atoms with van der Waals surface area (Å²) in [5.74, 6) is -0.648.